The monoisotopic (exact) mass is 718 g/mol. The minimum absolute atomic E-state index is 0.155. The SMILES string of the molecule is COc1cc(/C=N\N2C(=O)[C@H]3C4c5ccccc5C(c5ccccc54)[C@@H]3C2=O)cc(I)c1OCc1ccc(Br)cc1. The number of hydrogen-bond donors (Lipinski definition) is 0. The van der Waals surface area contributed by atoms with Crippen molar-refractivity contribution in [2.24, 2.45) is 16.9 Å². The molecule has 1 heterocycles. The highest BCUT2D eigenvalue weighted by molar-refractivity contribution is 14.1. The second-order valence-electron chi connectivity index (χ2n) is 10.4. The molecule has 204 valence electrons. The van der Waals surface area contributed by atoms with E-state index >= 15 is 0 Å². The van der Waals surface area contributed by atoms with Crippen molar-refractivity contribution in [2.45, 2.75) is 18.4 Å². The van der Waals surface area contributed by atoms with E-state index < -0.39 is 11.8 Å². The Morgan fingerprint density at radius 2 is 1.39 bits per heavy atom. The summed E-state index contributed by atoms with van der Waals surface area (Å²) in [4.78, 5) is 27.6. The molecule has 0 unspecified atom stereocenters. The van der Waals surface area contributed by atoms with Gasteiger partial charge in [0.25, 0.3) is 11.8 Å². The number of methoxy groups -OCH3 is 1. The zero-order valence-electron chi connectivity index (χ0n) is 22.0. The van der Waals surface area contributed by atoms with Gasteiger partial charge >= 0.3 is 0 Å². The molecule has 0 N–H and O–H groups in total. The van der Waals surface area contributed by atoms with Crippen LogP contribution in [0.4, 0.5) is 0 Å². The maximum atomic E-state index is 13.8. The Morgan fingerprint density at radius 3 is 1.90 bits per heavy atom. The van der Waals surface area contributed by atoms with Crippen molar-refractivity contribution in [1.29, 1.82) is 0 Å². The Labute approximate surface area is 259 Å². The molecule has 1 saturated heterocycles. The first-order chi connectivity index (χ1) is 20.0. The molecular weight excluding hydrogens is 695 g/mol. The van der Waals surface area contributed by atoms with Gasteiger partial charge in [-0.05, 0) is 80.2 Å². The van der Waals surface area contributed by atoms with Gasteiger partial charge in [-0.2, -0.15) is 10.1 Å². The number of carbonyl (C=O) groups excluding carboxylic acids is 2. The number of nitrogens with zero attached hydrogens (tertiary/aromatic N) is 2. The molecule has 2 atom stereocenters. The highest BCUT2D eigenvalue weighted by Gasteiger charge is 2.61. The fraction of sp³-hybridized carbons (Fsp3) is 0.182. The fourth-order valence-electron chi connectivity index (χ4n) is 6.59. The van der Waals surface area contributed by atoms with E-state index in [0.717, 1.165) is 40.9 Å². The fourth-order valence-corrected chi connectivity index (χ4v) is 7.64. The van der Waals surface area contributed by atoms with Gasteiger partial charge in [0, 0.05) is 16.3 Å². The minimum Gasteiger partial charge on any atom is -0.493 e. The third-order valence-corrected chi connectivity index (χ3v) is 9.63. The van der Waals surface area contributed by atoms with Crippen LogP contribution in [-0.2, 0) is 16.2 Å². The standard InChI is InChI=1S/C33H24BrIN2O4/c1-40-26-15-19(14-25(35)31(26)41-17-18-10-12-20(34)13-11-18)16-36-37-32(38)29-27-21-6-2-3-7-22(21)28(30(29)33(37)39)24-9-5-4-8-23(24)27/h2-16,27-30H,17H2,1H3/b36-16-/t27?,28?,29-,30-/m0/s1. The van der Waals surface area contributed by atoms with Crippen molar-refractivity contribution in [2.75, 3.05) is 7.11 Å². The van der Waals surface area contributed by atoms with Crippen molar-refractivity contribution >= 4 is 56.5 Å². The van der Waals surface area contributed by atoms with Crippen LogP contribution in [0.15, 0.2) is 94.5 Å². The van der Waals surface area contributed by atoms with Crippen LogP contribution in [0.1, 0.15) is 45.2 Å². The van der Waals surface area contributed by atoms with Crippen LogP contribution in [0.25, 0.3) is 0 Å². The van der Waals surface area contributed by atoms with Crippen molar-refractivity contribution < 1.29 is 19.1 Å². The van der Waals surface area contributed by atoms with Crippen LogP contribution < -0.4 is 9.47 Å². The highest BCUT2D eigenvalue weighted by atomic mass is 127. The van der Waals surface area contributed by atoms with Crippen LogP contribution in [0, 0.1) is 15.4 Å². The number of hydrogen-bond acceptors (Lipinski definition) is 5. The topological polar surface area (TPSA) is 68.2 Å². The molecule has 0 saturated carbocycles. The lowest BCUT2D eigenvalue weighted by Gasteiger charge is -2.45. The molecule has 4 aromatic carbocycles. The van der Waals surface area contributed by atoms with E-state index in [0.29, 0.717) is 23.7 Å². The molecule has 2 bridgehead atoms. The molecule has 4 aliphatic rings. The molecule has 3 aliphatic carbocycles. The zero-order valence-corrected chi connectivity index (χ0v) is 25.7. The summed E-state index contributed by atoms with van der Waals surface area (Å²) < 4.78 is 13.6. The largest absolute Gasteiger partial charge is 0.493 e. The molecule has 1 aliphatic heterocycles. The van der Waals surface area contributed by atoms with Crippen molar-refractivity contribution in [1.82, 2.24) is 5.01 Å². The van der Waals surface area contributed by atoms with Crippen molar-refractivity contribution in [3.05, 3.63) is 126 Å². The molecule has 0 radical (unpaired) electrons. The Kier molecular flexibility index (Phi) is 6.70. The number of carbonyl (C=O) groups is 2. The number of halogens is 2. The Bertz CT molecular complexity index is 1620. The van der Waals surface area contributed by atoms with E-state index in [2.05, 4.69) is 67.9 Å². The molecule has 2 amide bonds. The third kappa shape index (κ3) is 4.30. The van der Waals surface area contributed by atoms with Crippen LogP contribution in [0.5, 0.6) is 11.5 Å². The average Bonchev–Trinajstić information content (AvgIpc) is 3.25. The van der Waals surface area contributed by atoms with Gasteiger partial charge in [0.05, 0.1) is 28.7 Å². The summed E-state index contributed by atoms with van der Waals surface area (Å²) in [5.41, 5.74) is 6.30. The van der Waals surface area contributed by atoms with Gasteiger partial charge in [-0.15, -0.1) is 0 Å². The van der Waals surface area contributed by atoms with Crippen molar-refractivity contribution in [3.63, 3.8) is 0 Å². The molecule has 4 aromatic rings. The smallest absolute Gasteiger partial charge is 0.254 e. The lowest BCUT2D eigenvalue weighted by Crippen LogP contribution is -2.41. The Morgan fingerprint density at radius 1 is 0.854 bits per heavy atom. The highest BCUT2D eigenvalue weighted by Crippen LogP contribution is 2.61. The van der Waals surface area contributed by atoms with E-state index in [1.165, 1.54) is 0 Å². The third-order valence-electron chi connectivity index (χ3n) is 8.30. The lowest BCUT2D eigenvalue weighted by molar-refractivity contribution is -0.139. The van der Waals surface area contributed by atoms with Crippen LogP contribution in [0.2, 0.25) is 0 Å². The van der Waals surface area contributed by atoms with Gasteiger partial charge in [0.2, 0.25) is 0 Å². The maximum Gasteiger partial charge on any atom is 0.254 e. The van der Waals surface area contributed by atoms with Gasteiger partial charge in [-0.3, -0.25) is 9.59 Å². The van der Waals surface area contributed by atoms with Crippen LogP contribution in [0.3, 0.4) is 0 Å². The summed E-state index contributed by atoms with van der Waals surface area (Å²) in [6.07, 6.45) is 1.55. The van der Waals surface area contributed by atoms with Crippen LogP contribution in [-0.4, -0.2) is 30.1 Å². The molecule has 1 fully saturated rings. The maximum absolute atomic E-state index is 13.8. The van der Waals surface area contributed by atoms with E-state index in [-0.39, 0.29) is 23.7 Å². The minimum atomic E-state index is -0.460. The van der Waals surface area contributed by atoms with Gasteiger partial charge < -0.3 is 9.47 Å². The van der Waals surface area contributed by atoms with E-state index in [1.807, 2.05) is 54.6 Å². The second kappa shape index (κ2) is 10.4. The average molecular weight is 719 g/mol. The first kappa shape index (κ1) is 26.4. The number of rotatable bonds is 6. The predicted molar refractivity (Wildman–Crippen MR) is 167 cm³/mol. The molecular formula is C33H24BrIN2O4. The summed E-state index contributed by atoms with van der Waals surface area (Å²) >= 11 is 5.65. The number of imide groups is 1. The van der Waals surface area contributed by atoms with Crippen molar-refractivity contribution in [3.8, 4) is 11.5 Å². The van der Waals surface area contributed by atoms with Crippen LogP contribution >= 0.6 is 38.5 Å². The summed E-state index contributed by atoms with van der Waals surface area (Å²) in [6.45, 7) is 0.389. The zero-order chi connectivity index (χ0) is 28.2. The van der Waals surface area contributed by atoms with Gasteiger partial charge in [-0.25, -0.2) is 0 Å². The summed E-state index contributed by atoms with van der Waals surface area (Å²) in [5.74, 6) is -0.545. The lowest BCUT2D eigenvalue weighted by atomic mass is 9.55. The molecule has 0 aromatic heterocycles. The molecule has 8 rings (SSSR count). The Hall–Kier alpha value is -3.50. The Balaban J connectivity index is 1.17. The predicted octanol–water partition coefficient (Wildman–Crippen LogP) is 6.87. The van der Waals surface area contributed by atoms with Gasteiger partial charge in [-0.1, -0.05) is 76.6 Å². The number of benzene rings is 4. The molecule has 6 nitrogen and oxygen atoms in total. The molecule has 41 heavy (non-hydrogen) atoms. The van der Waals surface area contributed by atoms with Gasteiger partial charge in [0.1, 0.15) is 6.61 Å². The molecule has 8 heteroatoms. The second-order valence-corrected chi connectivity index (χ2v) is 12.5. The first-order valence-electron chi connectivity index (χ1n) is 13.3. The van der Waals surface area contributed by atoms with Gasteiger partial charge in [0.15, 0.2) is 11.5 Å². The summed E-state index contributed by atoms with van der Waals surface area (Å²) in [7, 11) is 1.59. The summed E-state index contributed by atoms with van der Waals surface area (Å²) in [5, 5.41) is 5.54. The molecule has 0 spiro atoms. The normalized spacial score (nSPS) is 22.1. The van der Waals surface area contributed by atoms with E-state index in [1.54, 1.807) is 19.4 Å². The first-order valence-corrected chi connectivity index (χ1v) is 15.2. The number of ether oxygens (including phenoxy) is 2. The van der Waals surface area contributed by atoms with E-state index in [9.17, 15) is 9.59 Å². The van der Waals surface area contributed by atoms with E-state index in [4.69, 9.17) is 9.47 Å². The summed E-state index contributed by atoms with van der Waals surface area (Å²) in [6, 6.07) is 28.1. The quantitative estimate of drug-likeness (QED) is 0.124. The number of hydrazone groups is 1. The number of amides is 2.